The number of hydrogen-bond acceptors (Lipinski definition) is 3. The summed E-state index contributed by atoms with van der Waals surface area (Å²) in [6.45, 7) is 2.99. The normalized spacial score (nSPS) is 12.1. The number of hydrogen-bond donors (Lipinski definition) is 0. The van der Waals surface area contributed by atoms with Gasteiger partial charge in [-0.15, -0.1) is 11.8 Å². The molecule has 0 heterocycles. The van der Waals surface area contributed by atoms with Gasteiger partial charge in [0.25, 0.3) is 0 Å². The highest BCUT2D eigenvalue weighted by atomic mass is 32.2. The molecule has 0 aromatic heterocycles. The van der Waals surface area contributed by atoms with Crippen LogP contribution in [0.5, 0.6) is 0 Å². The van der Waals surface area contributed by atoms with Crippen LogP contribution in [0.15, 0.2) is 65.6 Å². The zero-order valence-electron chi connectivity index (χ0n) is 12.2. The Morgan fingerprint density at radius 3 is 1.76 bits per heavy atom. The maximum Gasteiger partial charge on any atom is 0.141 e. The molecule has 21 heavy (non-hydrogen) atoms. The first kappa shape index (κ1) is 15.5. The van der Waals surface area contributed by atoms with Crippen molar-refractivity contribution in [2.24, 2.45) is 5.92 Å². The van der Waals surface area contributed by atoms with Crippen LogP contribution in [0.2, 0.25) is 0 Å². The second-order valence-electron chi connectivity index (χ2n) is 4.96. The molecule has 1 atom stereocenters. The second-order valence-corrected chi connectivity index (χ2v) is 6.18. The highest BCUT2D eigenvalue weighted by Gasteiger charge is 2.31. The number of thioether (sulfide) groups is 1. The van der Waals surface area contributed by atoms with Gasteiger partial charge in [-0.25, -0.2) is 0 Å². The van der Waals surface area contributed by atoms with Crippen molar-refractivity contribution < 1.29 is 9.59 Å². The van der Waals surface area contributed by atoms with Crippen molar-refractivity contribution >= 4 is 23.3 Å². The molecule has 2 rings (SSSR count). The molecule has 2 aromatic carbocycles. The quantitative estimate of drug-likeness (QED) is 0.588. The highest BCUT2D eigenvalue weighted by molar-refractivity contribution is 7.99. The molecule has 3 heteroatoms. The summed E-state index contributed by atoms with van der Waals surface area (Å²) in [5.74, 6) is -0.780. The Bertz CT molecular complexity index is 594. The molecule has 0 amide bonds. The summed E-state index contributed by atoms with van der Waals surface area (Å²) in [6.07, 6.45) is 0. The molecule has 0 aliphatic heterocycles. The maximum atomic E-state index is 12.0. The zero-order valence-corrected chi connectivity index (χ0v) is 13.0. The third-order valence-corrected chi connectivity index (χ3v) is 4.66. The first-order valence-electron chi connectivity index (χ1n) is 6.87. The Morgan fingerprint density at radius 1 is 0.810 bits per heavy atom. The molecule has 0 bridgehead atoms. The van der Waals surface area contributed by atoms with Gasteiger partial charge in [-0.1, -0.05) is 48.5 Å². The Labute approximate surface area is 129 Å². The lowest BCUT2D eigenvalue weighted by molar-refractivity contribution is -0.130. The van der Waals surface area contributed by atoms with E-state index in [0.29, 0.717) is 0 Å². The summed E-state index contributed by atoms with van der Waals surface area (Å²) in [4.78, 5) is 25.0. The highest BCUT2D eigenvalue weighted by Crippen LogP contribution is 2.41. The summed E-state index contributed by atoms with van der Waals surface area (Å²) in [5.41, 5.74) is 1.00. The Balaban J connectivity index is 2.39. The van der Waals surface area contributed by atoms with E-state index >= 15 is 0 Å². The van der Waals surface area contributed by atoms with Crippen molar-refractivity contribution in [2.75, 3.05) is 0 Å². The standard InChI is InChI=1S/C18H18O2S/c1-13(19)17(14(2)20)18(15-9-5-3-6-10-15)21-16-11-7-4-8-12-16/h3-12,17-18H,1-2H3. The van der Waals surface area contributed by atoms with Crippen molar-refractivity contribution in [2.45, 2.75) is 24.0 Å². The molecule has 0 saturated carbocycles. The molecule has 2 nitrogen and oxygen atoms in total. The van der Waals surface area contributed by atoms with Crippen LogP contribution in [0.3, 0.4) is 0 Å². The van der Waals surface area contributed by atoms with E-state index in [9.17, 15) is 9.59 Å². The van der Waals surface area contributed by atoms with Crippen LogP contribution in [-0.2, 0) is 9.59 Å². The van der Waals surface area contributed by atoms with Crippen LogP contribution in [0.4, 0.5) is 0 Å². The molecule has 0 spiro atoms. The lowest BCUT2D eigenvalue weighted by Crippen LogP contribution is -2.25. The van der Waals surface area contributed by atoms with Crippen LogP contribution >= 0.6 is 11.8 Å². The summed E-state index contributed by atoms with van der Waals surface area (Å²) in [7, 11) is 0. The molecule has 0 aliphatic carbocycles. The summed E-state index contributed by atoms with van der Waals surface area (Å²) >= 11 is 1.56. The number of ketones is 2. The topological polar surface area (TPSA) is 34.1 Å². The van der Waals surface area contributed by atoms with Gasteiger partial charge in [-0.05, 0) is 31.5 Å². The molecule has 0 aliphatic rings. The first-order valence-corrected chi connectivity index (χ1v) is 7.75. The minimum Gasteiger partial charge on any atom is -0.299 e. The van der Waals surface area contributed by atoms with E-state index in [0.717, 1.165) is 10.5 Å². The van der Waals surface area contributed by atoms with E-state index < -0.39 is 5.92 Å². The van der Waals surface area contributed by atoms with Gasteiger partial charge in [0.1, 0.15) is 11.6 Å². The van der Waals surface area contributed by atoms with Crippen molar-refractivity contribution in [3.8, 4) is 0 Å². The van der Waals surface area contributed by atoms with E-state index in [1.807, 2.05) is 60.7 Å². The second kappa shape index (κ2) is 7.23. The molecule has 0 N–H and O–H groups in total. The molecule has 1 unspecified atom stereocenters. The van der Waals surface area contributed by atoms with Gasteiger partial charge in [-0.2, -0.15) is 0 Å². The minimum atomic E-state index is -0.613. The average Bonchev–Trinajstić information content (AvgIpc) is 2.48. The minimum absolute atomic E-state index is 0.0835. The van der Waals surface area contributed by atoms with Gasteiger partial charge in [0.15, 0.2) is 0 Å². The average molecular weight is 298 g/mol. The fourth-order valence-corrected chi connectivity index (χ4v) is 3.75. The largest absolute Gasteiger partial charge is 0.299 e. The third-order valence-electron chi connectivity index (χ3n) is 3.31. The molecule has 0 radical (unpaired) electrons. The predicted octanol–water partition coefficient (Wildman–Crippen LogP) is 4.31. The Morgan fingerprint density at radius 2 is 1.29 bits per heavy atom. The summed E-state index contributed by atoms with van der Waals surface area (Å²) in [5, 5.41) is -0.191. The number of rotatable bonds is 6. The van der Waals surface area contributed by atoms with Crippen LogP contribution in [0.25, 0.3) is 0 Å². The monoisotopic (exact) mass is 298 g/mol. The van der Waals surface area contributed by atoms with Crippen molar-refractivity contribution in [1.29, 1.82) is 0 Å². The molecule has 108 valence electrons. The SMILES string of the molecule is CC(=O)C(C(C)=O)C(Sc1ccccc1)c1ccccc1. The van der Waals surface area contributed by atoms with Gasteiger partial charge >= 0.3 is 0 Å². The molecule has 0 saturated heterocycles. The summed E-state index contributed by atoms with van der Waals surface area (Å²) in [6, 6.07) is 19.6. The first-order chi connectivity index (χ1) is 10.1. The lowest BCUT2D eigenvalue weighted by Gasteiger charge is -2.23. The third kappa shape index (κ3) is 4.05. The smallest absolute Gasteiger partial charge is 0.141 e. The fourth-order valence-electron chi connectivity index (χ4n) is 2.33. The van der Waals surface area contributed by atoms with E-state index in [1.54, 1.807) is 11.8 Å². The zero-order chi connectivity index (χ0) is 15.2. The van der Waals surface area contributed by atoms with Gasteiger partial charge in [-0.3, -0.25) is 9.59 Å². The van der Waals surface area contributed by atoms with Crippen LogP contribution in [-0.4, -0.2) is 11.6 Å². The van der Waals surface area contributed by atoms with E-state index in [1.165, 1.54) is 13.8 Å². The molecular weight excluding hydrogens is 280 g/mol. The van der Waals surface area contributed by atoms with Crippen LogP contribution < -0.4 is 0 Å². The Hall–Kier alpha value is -1.87. The van der Waals surface area contributed by atoms with E-state index in [-0.39, 0.29) is 16.8 Å². The maximum absolute atomic E-state index is 12.0. The van der Waals surface area contributed by atoms with Gasteiger partial charge in [0.05, 0.1) is 11.2 Å². The number of Topliss-reactive ketones (excluding diaryl/α,β-unsaturated/α-hetero) is 2. The van der Waals surface area contributed by atoms with Crippen molar-refractivity contribution in [1.82, 2.24) is 0 Å². The summed E-state index contributed by atoms with van der Waals surface area (Å²) < 4.78 is 0. The van der Waals surface area contributed by atoms with Crippen molar-refractivity contribution in [3.63, 3.8) is 0 Å². The van der Waals surface area contributed by atoms with Crippen LogP contribution in [0, 0.1) is 5.92 Å². The molecular formula is C18H18O2S. The number of benzene rings is 2. The molecule has 0 fully saturated rings. The Kier molecular flexibility index (Phi) is 5.34. The fraction of sp³-hybridized carbons (Fsp3) is 0.222. The molecule has 2 aromatic rings. The van der Waals surface area contributed by atoms with Gasteiger partial charge in [0, 0.05) is 4.90 Å². The van der Waals surface area contributed by atoms with Crippen LogP contribution in [0.1, 0.15) is 24.7 Å². The predicted molar refractivity (Wildman–Crippen MR) is 86.3 cm³/mol. The van der Waals surface area contributed by atoms with Gasteiger partial charge < -0.3 is 0 Å². The van der Waals surface area contributed by atoms with E-state index in [2.05, 4.69) is 0 Å². The van der Waals surface area contributed by atoms with Gasteiger partial charge in [0.2, 0.25) is 0 Å². The van der Waals surface area contributed by atoms with Crippen molar-refractivity contribution in [3.05, 3.63) is 66.2 Å². The number of carbonyl (C=O) groups excluding carboxylic acids is 2. The number of carbonyl (C=O) groups is 2. The van der Waals surface area contributed by atoms with E-state index in [4.69, 9.17) is 0 Å². The lowest BCUT2D eigenvalue weighted by atomic mass is 9.92.